The van der Waals surface area contributed by atoms with E-state index < -0.39 is 0 Å². The predicted molar refractivity (Wildman–Crippen MR) is 124 cm³/mol. The van der Waals surface area contributed by atoms with E-state index in [1.54, 1.807) is 7.11 Å². The molecule has 0 atom stereocenters. The average molecular weight is 429 g/mol. The zero-order valence-corrected chi connectivity index (χ0v) is 19.0. The Labute approximate surface area is 185 Å². The number of aryl methyl sites for hydroxylation is 1. The number of aromatic nitrogens is 2. The number of hydrogen-bond acceptors (Lipinski definition) is 7. The second-order valence-corrected chi connectivity index (χ2v) is 8.45. The van der Waals surface area contributed by atoms with Crippen molar-refractivity contribution in [3.8, 4) is 11.6 Å². The maximum absolute atomic E-state index is 6.01. The number of ether oxygens (including phenoxy) is 3. The summed E-state index contributed by atoms with van der Waals surface area (Å²) in [6, 6.07) is 1.98. The molecule has 2 aliphatic heterocycles. The molecule has 0 radical (unpaired) electrons. The third-order valence-corrected chi connectivity index (χ3v) is 6.26. The van der Waals surface area contributed by atoms with E-state index in [1.807, 2.05) is 13.1 Å². The van der Waals surface area contributed by atoms with Crippen molar-refractivity contribution in [2.75, 3.05) is 58.9 Å². The van der Waals surface area contributed by atoms with Crippen LogP contribution < -0.4 is 14.8 Å². The molecule has 170 valence electrons. The van der Waals surface area contributed by atoms with Crippen molar-refractivity contribution in [2.24, 2.45) is 0 Å². The quantitative estimate of drug-likeness (QED) is 0.672. The molecule has 0 bridgehead atoms. The monoisotopic (exact) mass is 428 g/mol. The van der Waals surface area contributed by atoms with Crippen molar-refractivity contribution in [1.29, 1.82) is 0 Å². The van der Waals surface area contributed by atoms with Crippen molar-refractivity contribution in [1.82, 2.24) is 14.9 Å². The van der Waals surface area contributed by atoms with Gasteiger partial charge < -0.3 is 24.4 Å². The lowest BCUT2D eigenvalue weighted by atomic mass is 10.1. The van der Waals surface area contributed by atoms with Crippen LogP contribution in [-0.2, 0) is 17.6 Å². The Morgan fingerprint density at radius 2 is 1.87 bits per heavy atom. The van der Waals surface area contributed by atoms with Crippen molar-refractivity contribution in [3.63, 3.8) is 0 Å². The number of nitrogens with zero attached hydrogens (tertiary/aromatic N) is 3. The normalized spacial score (nSPS) is 18.0. The molecular weight excluding hydrogens is 392 g/mol. The van der Waals surface area contributed by atoms with Gasteiger partial charge in [0.25, 0.3) is 5.88 Å². The van der Waals surface area contributed by atoms with Gasteiger partial charge in [-0.1, -0.05) is 0 Å². The van der Waals surface area contributed by atoms with E-state index in [9.17, 15) is 0 Å². The van der Waals surface area contributed by atoms with Crippen LogP contribution in [0.15, 0.2) is 6.07 Å². The first-order valence-electron chi connectivity index (χ1n) is 11.8. The summed E-state index contributed by atoms with van der Waals surface area (Å²) >= 11 is 0. The Bertz CT molecular complexity index is 856. The van der Waals surface area contributed by atoms with E-state index in [1.165, 1.54) is 50.0 Å². The molecule has 31 heavy (non-hydrogen) atoms. The van der Waals surface area contributed by atoms with Crippen molar-refractivity contribution in [2.45, 2.75) is 51.4 Å². The van der Waals surface area contributed by atoms with Crippen LogP contribution in [0.1, 0.15) is 49.8 Å². The third kappa shape index (κ3) is 5.39. The van der Waals surface area contributed by atoms with E-state index in [0.29, 0.717) is 18.2 Å². The third-order valence-electron chi connectivity index (χ3n) is 6.26. The van der Waals surface area contributed by atoms with Gasteiger partial charge in [-0.2, -0.15) is 0 Å². The molecule has 1 N–H and O–H groups in total. The van der Waals surface area contributed by atoms with Crippen molar-refractivity contribution < 1.29 is 14.2 Å². The molecule has 2 saturated heterocycles. The van der Waals surface area contributed by atoms with Crippen LogP contribution in [0.5, 0.6) is 11.6 Å². The second kappa shape index (κ2) is 11.0. The second-order valence-electron chi connectivity index (χ2n) is 8.45. The molecule has 7 heteroatoms. The van der Waals surface area contributed by atoms with Crippen LogP contribution >= 0.6 is 0 Å². The molecule has 2 aromatic heterocycles. The minimum atomic E-state index is 0.537. The van der Waals surface area contributed by atoms with Crippen LogP contribution in [0.3, 0.4) is 0 Å². The van der Waals surface area contributed by atoms with Gasteiger partial charge >= 0.3 is 0 Å². The molecular formula is C24H36N4O3. The Morgan fingerprint density at radius 3 is 2.55 bits per heavy atom. The van der Waals surface area contributed by atoms with Crippen LogP contribution in [0, 0.1) is 0 Å². The number of nitrogens with one attached hydrogen (secondary N) is 1. The summed E-state index contributed by atoms with van der Waals surface area (Å²) in [5.41, 5.74) is 5.32. The summed E-state index contributed by atoms with van der Waals surface area (Å²) in [4.78, 5) is 12.1. The van der Waals surface area contributed by atoms with Gasteiger partial charge in [0.15, 0.2) is 5.75 Å². The molecule has 1 aliphatic carbocycles. The van der Waals surface area contributed by atoms with Gasteiger partial charge in [0, 0.05) is 38.6 Å². The minimum absolute atomic E-state index is 0.537. The van der Waals surface area contributed by atoms with E-state index >= 15 is 0 Å². The number of anilines is 1. The number of hydrogen-bond donors (Lipinski definition) is 1. The van der Waals surface area contributed by atoms with Crippen molar-refractivity contribution >= 4 is 16.7 Å². The van der Waals surface area contributed by atoms with Gasteiger partial charge in [-0.05, 0) is 70.0 Å². The van der Waals surface area contributed by atoms with E-state index in [-0.39, 0.29) is 0 Å². The van der Waals surface area contributed by atoms with Crippen LogP contribution in [0.25, 0.3) is 11.0 Å². The lowest BCUT2D eigenvalue weighted by Crippen LogP contribution is -2.22. The maximum Gasteiger partial charge on any atom is 0.257 e. The summed E-state index contributed by atoms with van der Waals surface area (Å²) in [7, 11) is 3.59. The predicted octanol–water partition coefficient (Wildman–Crippen LogP) is 3.83. The first-order valence-corrected chi connectivity index (χ1v) is 11.8. The van der Waals surface area contributed by atoms with Gasteiger partial charge in [0.05, 0.1) is 24.9 Å². The molecule has 0 spiro atoms. The molecule has 2 fully saturated rings. The summed E-state index contributed by atoms with van der Waals surface area (Å²) in [6.07, 6.45) is 9.48. The van der Waals surface area contributed by atoms with Gasteiger partial charge in [-0.3, -0.25) is 4.98 Å². The minimum Gasteiger partial charge on any atom is -0.488 e. The Balaban J connectivity index is 0.000000407. The van der Waals surface area contributed by atoms with E-state index in [2.05, 4.69) is 10.2 Å². The molecule has 4 heterocycles. The topological polar surface area (TPSA) is 68.7 Å². The molecule has 0 unspecified atom stereocenters. The highest BCUT2D eigenvalue weighted by molar-refractivity contribution is 5.91. The first-order chi connectivity index (χ1) is 15.3. The van der Waals surface area contributed by atoms with E-state index in [0.717, 1.165) is 62.2 Å². The maximum atomic E-state index is 6.01. The lowest BCUT2D eigenvalue weighted by Gasteiger charge is -2.16. The standard InChI is InChI=1S/C20H28N4O2.C4H8O/c1-21-18-14-7-5-8-15(14)22-16-13-17(20(25-2)23-19(16)18)26-12-6-11-24-9-3-4-10-24;1-2-4-5-3-1/h13H,3-12H2,1-2H3,(H,21,22);1-4H2. The summed E-state index contributed by atoms with van der Waals surface area (Å²) in [5.74, 6) is 1.23. The molecule has 0 aromatic carbocycles. The number of fused-ring (bicyclic) bond motifs is 2. The SMILES string of the molecule is C1CCOC1.CNc1c2c(nc3cc(OCCCN4CCCC4)c(OC)nc13)CCC2. The molecule has 2 aromatic rings. The van der Waals surface area contributed by atoms with Gasteiger partial charge in [0.1, 0.15) is 5.52 Å². The molecule has 3 aliphatic rings. The van der Waals surface area contributed by atoms with Crippen molar-refractivity contribution in [3.05, 3.63) is 17.3 Å². The molecule has 0 amide bonds. The number of pyridine rings is 2. The van der Waals surface area contributed by atoms with Gasteiger partial charge in [-0.15, -0.1) is 0 Å². The fourth-order valence-electron chi connectivity index (χ4n) is 4.65. The zero-order chi connectivity index (χ0) is 21.5. The highest BCUT2D eigenvalue weighted by atomic mass is 16.5. The zero-order valence-electron chi connectivity index (χ0n) is 19.0. The largest absolute Gasteiger partial charge is 0.488 e. The highest BCUT2D eigenvalue weighted by Gasteiger charge is 2.22. The lowest BCUT2D eigenvalue weighted by molar-refractivity contribution is 0.198. The van der Waals surface area contributed by atoms with E-state index in [4.69, 9.17) is 24.2 Å². The summed E-state index contributed by atoms with van der Waals surface area (Å²) in [6.45, 7) is 6.22. The first kappa shape index (κ1) is 22.1. The fourth-order valence-corrected chi connectivity index (χ4v) is 4.65. The Hall–Kier alpha value is -2.12. The number of likely N-dealkylation sites (tertiary alicyclic amines) is 1. The summed E-state index contributed by atoms with van der Waals surface area (Å²) < 4.78 is 16.5. The average Bonchev–Trinajstić information content (AvgIpc) is 3.58. The van der Waals surface area contributed by atoms with Crippen LogP contribution in [0.4, 0.5) is 5.69 Å². The number of rotatable bonds is 7. The Kier molecular flexibility index (Phi) is 7.81. The smallest absolute Gasteiger partial charge is 0.257 e. The van der Waals surface area contributed by atoms with Crippen LogP contribution in [-0.4, -0.2) is 68.5 Å². The Morgan fingerprint density at radius 1 is 1.06 bits per heavy atom. The number of methoxy groups -OCH3 is 1. The summed E-state index contributed by atoms with van der Waals surface area (Å²) in [5, 5.41) is 3.32. The highest BCUT2D eigenvalue weighted by Crippen LogP contribution is 2.37. The fraction of sp³-hybridized carbons (Fsp3) is 0.667. The van der Waals surface area contributed by atoms with Gasteiger partial charge in [0.2, 0.25) is 0 Å². The van der Waals surface area contributed by atoms with Crippen LogP contribution in [0.2, 0.25) is 0 Å². The molecule has 0 saturated carbocycles. The molecule has 7 nitrogen and oxygen atoms in total. The van der Waals surface area contributed by atoms with Gasteiger partial charge in [-0.25, -0.2) is 4.98 Å². The molecule has 5 rings (SSSR count).